The average molecular weight is 368 g/mol. The highest BCUT2D eigenvalue weighted by atomic mass is 35.5. The van der Waals surface area contributed by atoms with Gasteiger partial charge in [0.1, 0.15) is 0 Å². The predicted molar refractivity (Wildman–Crippen MR) is 97.8 cm³/mol. The van der Waals surface area contributed by atoms with E-state index in [2.05, 4.69) is 13.0 Å². The summed E-state index contributed by atoms with van der Waals surface area (Å²) in [5, 5.41) is 1.20. The van der Waals surface area contributed by atoms with Gasteiger partial charge in [-0.15, -0.1) is 11.3 Å². The molecule has 3 rings (SSSR count). The molecule has 0 fully saturated rings. The van der Waals surface area contributed by atoms with Gasteiger partial charge in [-0.25, -0.2) is 0 Å². The zero-order chi connectivity index (χ0) is 16.6. The molecule has 1 aliphatic rings. The molecule has 0 radical (unpaired) electrons. The van der Waals surface area contributed by atoms with Crippen LogP contribution in [0.25, 0.3) is 0 Å². The number of carbonyl (C=O) groups is 1. The number of hydrogen-bond acceptors (Lipinski definition) is 2. The molecule has 0 N–H and O–H groups in total. The molecule has 1 amide bonds. The minimum Gasteiger partial charge on any atom is -0.337 e. The molecule has 23 heavy (non-hydrogen) atoms. The van der Waals surface area contributed by atoms with E-state index in [1.807, 2.05) is 13.1 Å². The fourth-order valence-electron chi connectivity index (χ4n) is 2.98. The first-order chi connectivity index (χ1) is 10.9. The largest absolute Gasteiger partial charge is 0.337 e. The Morgan fingerprint density at radius 1 is 1.35 bits per heavy atom. The van der Waals surface area contributed by atoms with Crippen LogP contribution < -0.4 is 0 Å². The number of fused-ring (bicyclic) bond motifs is 1. The van der Waals surface area contributed by atoms with Crippen LogP contribution in [0.15, 0.2) is 24.3 Å². The zero-order valence-electron chi connectivity index (χ0n) is 13.2. The Morgan fingerprint density at radius 2 is 2.13 bits per heavy atom. The Morgan fingerprint density at radius 3 is 2.87 bits per heavy atom. The van der Waals surface area contributed by atoms with Gasteiger partial charge in [0.25, 0.3) is 5.91 Å². The summed E-state index contributed by atoms with van der Waals surface area (Å²) in [5.74, 6) is 0.772. The van der Waals surface area contributed by atoms with Gasteiger partial charge >= 0.3 is 0 Å². The van der Waals surface area contributed by atoms with Crippen LogP contribution in [-0.2, 0) is 19.4 Å². The number of amides is 1. The summed E-state index contributed by atoms with van der Waals surface area (Å²) in [4.78, 5) is 16.6. The summed E-state index contributed by atoms with van der Waals surface area (Å²) in [6, 6.07) is 7.46. The molecule has 1 unspecified atom stereocenters. The van der Waals surface area contributed by atoms with Crippen molar-refractivity contribution in [2.24, 2.45) is 5.92 Å². The highest BCUT2D eigenvalue weighted by Crippen LogP contribution is 2.33. The zero-order valence-corrected chi connectivity index (χ0v) is 15.6. The van der Waals surface area contributed by atoms with Crippen LogP contribution in [0.4, 0.5) is 0 Å². The van der Waals surface area contributed by atoms with Crippen molar-refractivity contribution in [2.45, 2.75) is 32.7 Å². The average Bonchev–Trinajstić information content (AvgIpc) is 2.92. The van der Waals surface area contributed by atoms with Crippen molar-refractivity contribution in [3.8, 4) is 0 Å². The summed E-state index contributed by atoms with van der Waals surface area (Å²) in [6.45, 7) is 2.75. The van der Waals surface area contributed by atoms with Crippen LogP contribution in [-0.4, -0.2) is 17.9 Å². The van der Waals surface area contributed by atoms with Crippen molar-refractivity contribution < 1.29 is 4.79 Å². The lowest BCUT2D eigenvalue weighted by molar-refractivity contribution is 0.0790. The monoisotopic (exact) mass is 367 g/mol. The lowest BCUT2D eigenvalue weighted by Crippen LogP contribution is -2.25. The first kappa shape index (κ1) is 16.8. The van der Waals surface area contributed by atoms with Gasteiger partial charge in [0, 0.05) is 28.5 Å². The number of carbonyl (C=O) groups excluding carboxylic acids is 1. The number of benzene rings is 1. The summed E-state index contributed by atoms with van der Waals surface area (Å²) in [6.07, 6.45) is 3.41. The lowest BCUT2D eigenvalue weighted by Gasteiger charge is -2.17. The van der Waals surface area contributed by atoms with E-state index < -0.39 is 0 Å². The molecule has 1 aromatic heterocycles. The van der Waals surface area contributed by atoms with E-state index in [1.165, 1.54) is 16.9 Å². The molecule has 122 valence electrons. The maximum Gasteiger partial charge on any atom is 0.263 e. The van der Waals surface area contributed by atoms with Crippen LogP contribution in [0.1, 0.15) is 39.0 Å². The van der Waals surface area contributed by atoms with Gasteiger partial charge in [-0.2, -0.15) is 0 Å². The van der Waals surface area contributed by atoms with Gasteiger partial charge in [0.15, 0.2) is 0 Å². The third-order valence-corrected chi connectivity index (χ3v) is 6.12. The Labute approximate surface area is 151 Å². The Hall–Kier alpha value is -1.03. The van der Waals surface area contributed by atoms with Gasteiger partial charge in [-0.05, 0) is 54.5 Å². The van der Waals surface area contributed by atoms with Crippen molar-refractivity contribution in [2.75, 3.05) is 7.05 Å². The van der Waals surface area contributed by atoms with Crippen molar-refractivity contribution in [1.29, 1.82) is 0 Å². The fourth-order valence-corrected chi connectivity index (χ4v) is 4.65. The van der Waals surface area contributed by atoms with Crippen molar-refractivity contribution in [3.63, 3.8) is 0 Å². The van der Waals surface area contributed by atoms with Crippen LogP contribution >= 0.6 is 34.5 Å². The van der Waals surface area contributed by atoms with Gasteiger partial charge in [0.2, 0.25) is 0 Å². The van der Waals surface area contributed by atoms with Gasteiger partial charge < -0.3 is 4.90 Å². The number of halogens is 2. The Balaban J connectivity index is 1.75. The SMILES string of the molecule is CC1CCc2sc(C(=O)N(C)Cc3ccc(Cl)cc3Cl)cc2C1. The second-order valence-corrected chi connectivity index (χ2v) is 8.28. The summed E-state index contributed by atoms with van der Waals surface area (Å²) < 4.78 is 0. The molecule has 1 heterocycles. The maximum atomic E-state index is 12.7. The number of nitrogens with zero attached hydrogens (tertiary/aromatic N) is 1. The normalized spacial score (nSPS) is 17.0. The quantitative estimate of drug-likeness (QED) is 0.705. The molecule has 0 bridgehead atoms. The summed E-state index contributed by atoms with van der Waals surface area (Å²) >= 11 is 13.8. The molecule has 2 aromatic rings. The first-order valence-electron chi connectivity index (χ1n) is 7.75. The first-order valence-corrected chi connectivity index (χ1v) is 9.32. The highest BCUT2D eigenvalue weighted by molar-refractivity contribution is 7.14. The summed E-state index contributed by atoms with van der Waals surface area (Å²) in [5.41, 5.74) is 2.26. The third-order valence-electron chi connectivity index (χ3n) is 4.31. The van der Waals surface area contributed by atoms with E-state index in [-0.39, 0.29) is 5.91 Å². The third kappa shape index (κ3) is 3.73. The van der Waals surface area contributed by atoms with E-state index in [9.17, 15) is 4.79 Å². The molecule has 1 aromatic carbocycles. The van der Waals surface area contributed by atoms with Crippen molar-refractivity contribution in [1.82, 2.24) is 4.90 Å². The molecule has 2 nitrogen and oxygen atoms in total. The molecular weight excluding hydrogens is 349 g/mol. The topological polar surface area (TPSA) is 20.3 Å². The van der Waals surface area contributed by atoms with Crippen molar-refractivity contribution in [3.05, 3.63) is 55.2 Å². The number of aryl methyl sites for hydroxylation is 1. The highest BCUT2D eigenvalue weighted by Gasteiger charge is 2.22. The molecular formula is C18H19Cl2NOS. The number of rotatable bonds is 3. The molecule has 0 spiro atoms. The molecule has 0 aliphatic heterocycles. The number of hydrogen-bond donors (Lipinski definition) is 0. The maximum absolute atomic E-state index is 12.7. The Kier molecular flexibility index (Phi) is 5.00. The lowest BCUT2D eigenvalue weighted by atomic mass is 9.90. The van der Waals surface area contributed by atoms with Crippen LogP contribution in [0.2, 0.25) is 10.0 Å². The van der Waals surface area contributed by atoms with Crippen LogP contribution in [0.3, 0.4) is 0 Å². The standard InChI is InChI=1S/C18H19Cl2NOS/c1-11-3-6-16-13(7-11)8-17(23-16)18(22)21(2)10-12-4-5-14(19)9-15(12)20/h4-5,8-9,11H,3,6-7,10H2,1-2H3. The van der Waals surface area contributed by atoms with Crippen LogP contribution in [0, 0.1) is 5.92 Å². The fraction of sp³-hybridized carbons (Fsp3) is 0.389. The van der Waals surface area contributed by atoms with Crippen molar-refractivity contribution >= 4 is 40.4 Å². The van der Waals surface area contributed by atoms with E-state index in [4.69, 9.17) is 23.2 Å². The second kappa shape index (κ2) is 6.84. The Bertz CT molecular complexity index is 741. The smallest absolute Gasteiger partial charge is 0.263 e. The van der Waals surface area contributed by atoms with E-state index in [1.54, 1.807) is 28.4 Å². The van der Waals surface area contributed by atoms with E-state index in [0.29, 0.717) is 22.5 Å². The van der Waals surface area contributed by atoms with E-state index >= 15 is 0 Å². The molecule has 1 aliphatic carbocycles. The molecule has 1 atom stereocenters. The second-order valence-electron chi connectivity index (χ2n) is 6.30. The van der Waals surface area contributed by atoms with Gasteiger partial charge in [-0.3, -0.25) is 4.79 Å². The van der Waals surface area contributed by atoms with Crippen LogP contribution in [0.5, 0.6) is 0 Å². The minimum absolute atomic E-state index is 0.0584. The molecule has 0 saturated carbocycles. The van der Waals surface area contributed by atoms with Gasteiger partial charge in [-0.1, -0.05) is 36.2 Å². The molecule has 5 heteroatoms. The summed E-state index contributed by atoms with van der Waals surface area (Å²) in [7, 11) is 1.81. The van der Waals surface area contributed by atoms with Gasteiger partial charge in [0.05, 0.1) is 4.88 Å². The predicted octanol–water partition coefficient (Wildman–Crippen LogP) is 5.45. The minimum atomic E-state index is 0.0584. The molecule has 0 saturated heterocycles. The van der Waals surface area contributed by atoms with E-state index in [0.717, 1.165) is 23.3 Å². The number of thiophene rings is 1.